The first-order valence-corrected chi connectivity index (χ1v) is 2.17. The Hall–Kier alpha value is -1.25. The number of carbonyl (C=O) groups is 1. The van der Waals surface area contributed by atoms with Gasteiger partial charge in [-0.15, -0.1) is 0 Å². The number of H-pyrrole nitrogens is 1. The Morgan fingerprint density at radius 2 is 2.62 bits per heavy atom. The van der Waals surface area contributed by atoms with Crippen molar-refractivity contribution in [3.8, 4) is 5.88 Å². The quantitative estimate of drug-likeness (QED) is 0.566. The summed E-state index contributed by atoms with van der Waals surface area (Å²) in [4.78, 5) is 12.3. The monoisotopic (exact) mass is 111 g/mol. The molecule has 1 aromatic heterocycles. The van der Waals surface area contributed by atoms with Gasteiger partial charge in [0.1, 0.15) is 0 Å². The highest BCUT2D eigenvalue weighted by Gasteiger charge is 1.85. The first kappa shape index (κ1) is 4.90. The van der Waals surface area contributed by atoms with Gasteiger partial charge in [0.15, 0.2) is 0 Å². The molecule has 0 saturated heterocycles. The van der Waals surface area contributed by atoms with Crippen LogP contribution < -0.4 is 4.74 Å². The van der Waals surface area contributed by atoms with Gasteiger partial charge in [-0.25, -0.2) is 0 Å². The normalized spacial score (nSPS) is 8.50. The molecule has 0 spiro atoms. The maximum Gasteiger partial charge on any atom is 0.299 e. The predicted octanol–water partition coefficient (Wildman–Crippen LogP) is 0.550. The van der Waals surface area contributed by atoms with E-state index < -0.39 is 0 Å². The Labute approximate surface area is 46.3 Å². The highest BCUT2D eigenvalue weighted by Crippen LogP contribution is 2.01. The summed E-state index contributed by atoms with van der Waals surface area (Å²) >= 11 is 0. The van der Waals surface area contributed by atoms with Crippen LogP contribution in [0, 0.1) is 0 Å². The Morgan fingerprint density at radius 1 is 1.75 bits per heavy atom. The van der Waals surface area contributed by atoms with E-state index in [9.17, 15) is 4.79 Å². The average Bonchev–Trinajstić information content (AvgIpc) is 2.19. The van der Waals surface area contributed by atoms with Crippen molar-refractivity contribution in [2.45, 2.75) is 0 Å². The molecule has 0 radical (unpaired) electrons. The Kier molecular flexibility index (Phi) is 1.32. The second-order valence-corrected chi connectivity index (χ2v) is 1.25. The van der Waals surface area contributed by atoms with E-state index in [4.69, 9.17) is 0 Å². The molecule has 3 nitrogen and oxygen atoms in total. The number of aromatic amines is 1. The summed E-state index contributed by atoms with van der Waals surface area (Å²) in [5.74, 6) is 0.472. The molecule has 0 atom stereocenters. The van der Waals surface area contributed by atoms with Crippen molar-refractivity contribution < 1.29 is 9.53 Å². The maximum absolute atomic E-state index is 9.63. The van der Waals surface area contributed by atoms with Crippen LogP contribution >= 0.6 is 0 Å². The molecule has 0 aromatic carbocycles. The second kappa shape index (κ2) is 2.16. The highest BCUT2D eigenvalue weighted by molar-refractivity contribution is 5.42. The average molecular weight is 111 g/mol. The molecular weight excluding hydrogens is 106 g/mol. The van der Waals surface area contributed by atoms with Gasteiger partial charge in [-0.05, 0) is 6.07 Å². The van der Waals surface area contributed by atoms with Crippen LogP contribution in [0.5, 0.6) is 5.88 Å². The molecule has 3 heteroatoms. The summed E-state index contributed by atoms with van der Waals surface area (Å²) in [6, 6.07) is 3.41. The minimum Gasteiger partial charge on any atom is -0.412 e. The molecule has 0 aliphatic heterocycles. The molecular formula is C5H5NO2. The van der Waals surface area contributed by atoms with Crippen molar-refractivity contribution in [1.29, 1.82) is 0 Å². The third-order valence-corrected chi connectivity index (χ3v) is 0.744. The molecule has 0 aliphatic carbocycles. The van der Waals surface area contributed by atoms with Gasteiger partial charge in [0, 0.05) is 12.3 Å². The summed E-state index contributed by atoms with van der Waals surface area (Å²) in [6.07, 6.45) is 1.68. The van der Waals surface area contributed by atoms with Crippen LogP contribution in [0.2, 0.25) is 0 Å². The van der Waals surface area contributed by atoms with Gasteiger partial charge in [-0.3, -0.25) is 4.79 Å². The van der Waals surface area contributed by atoms with Crippen LogP contribution in [0.15, 0.2) is 18.3 Å². The second-order valence-electron chi connectivity index (χ2n) is 1.25. The predicted molar refractivity (Wildman–Crippen MR) is 27.5 cm³/mol. The van der Waals surface area contributed by atoms with Crippen molar-refractivity contribution in [3.63, 3.8) is 0 Å². The summed E-state index contributed by atoms with van der Waals surface area (Å²) in [7, 11) is 0. The third kappa shape index (κ3) is 0.872. The molecule has 8 heavy (non-hydrogen) atoms. The van der Waals surface area contributed by atoms with Crippen molar-refractivity contribution in [2.24, 2.45) is 0 Å². The minimum atomic E-state index is 0.381. The van der Waals surface area contributed by atoms with E-state index in [0.717, 1.165) is 0 Å². The SMILES string of the molecule is O=COc1ccc[nH]1. The van der Waals surface area contributed by atoms with Crippen molar-refractivity contribution in [2.75, 3.05) is 0 Å². The number of hydrogen-bond donors (Lipinski definition) is 1. The van der Waals surface area contributed by atoms with Gasteiger partial charge < -0.3 is 9.72 Å². The van der Waals surface area contributed by atoms with Crippen LogP contribution in [0.3, 0.4) is 0 Å². The fourth-order valence-corrected chi connectivity index (χ4v) is 0.439. The lowest BCUT2D eigenvalue weighted by molar-refractivity contribution is -0.120. The zero-order valence-electron chi connectivity index (χ0n) is 4.13. The van der Waals surface area contributed by atoms with Crippen molar-refractivity contribution in [1.82, 2.24) is 4.98 Å². The first-order chi connectivity index (χ1) is 3.93. The molecule has 0 aliphatic rings. The summed E-state index contributed by atoms with van der Waals surface area (Å²) in [5.41, 5.74) is 0. The number of nitrogens with one attached hydrogen (secondary N) is 1. The number of aromatic nitrogens is 1. The van der Waals surface area contributed by atoms with E-state index in [-0.39, 0.29) is 0 Å². The fourth-order valence-electron chi connectivity index (χ4n) is 0.439. The number of ether oxygens (including phenoxy) is 1. The Bertz CT molecular complexity index is 157. The molecule has 1 aromatic rings. The van der Waals surface area contributed by atoms with Gasteiger partial charge in [0.05, 0.1) is 0 Å². The zero-order valence-corrected chi connectivity index (χ0v) is 4.13. The van der Waals surface area contributed by atoms with Gasteiger partial charge in [0.25, 0.3) is 6.47 Å². The van der Waals surface area contributed by atoms with Gasteiger partial charge in [-0.1, -0.05) is 0 Å². The minimum absolute atomic E-state index is 0.381. The molecule has 1 N–H and O–H groups in total. The van der Waals surface area contributed by atoms with E-state index in [1.807, 2.05) is 0 Å². The molecule has 42 valence electrons. The van der Waals surface area contributed by atoms with Crippen LogP contribution in [-0.2, 0) is 4.79 Å². The lowest BCUT2D eigenvalue weighted by Gasteiger charge is -1.85. The van der Waals surface area contributed by atoms with E-state index in [0.29, 0.717) is 12.4 Å². The van der Waals surface area contributed by atoms with Gasteiger partial charge in [0.2, 0.25) is 5.88 Å². The maximum atomic E-state index is 9.63. The first-order valence-electron chi connectivity index (χ1n) is 2.17. The van der Waals surface area contributed by atoms with E-state index in [1.165, 1.54) is 0 Å². The van der Waals surface area contributed by atoms with Crippen LogP contribution in [0.4, 0.5) is 0 Å². The third-order valence-electron chi connectivity index (χ3n) is 0.744. The highest BCUT2D eigenvalue weighted by atomic mass is 16.5. The van der Waals surface area contributed by atoms with E-state index in [1.54, 1.807) is 18.3 Å². The fraction of sp³-hybridized carbons (Fsp3) is 0. The number of carbonyl (C=O) groups excluding carboxylic acids is 1. The summed E-state index contributed by atoms with van der Waals surface area (Å²) < 4.78 is 4.41. The molecule has 0 saturated carbocycles. The van der Waals surface area contributed by atoms with Crippen LogP contribution in [0.1, 0.15) is 0 Å². The molecule has 0 fully saturated rings. The lowest BCUT2D eigenvalue weighted by Crippen LogP contribution is -1.86. The number of hydrogen-bond acceptors (Lipinski definition) is 2. The molecule has 1 heterocycles. The van der Waals surface area contributed by atoms with Gasteiger partial charge in [-0.2, -0.15) is 0 Å². The van der Waals surface area contributed by atoms with E-state index in [2.05, 4.69) is 9.72 Å². The molecule has 1 rings (SSSR count). The Morgan fingerprint density at radius 3 is 3.12 bits per heavy atom. The van der Waals surface area contributed by atoms with Crippen LogP contribution in [0.25, 0.3) is 0 Å². The lowest BCUT2D eigenvalue weighted by atomic mass is 10.7. The smallest absolute Gasteiger partial charge is 0.299 e. The summed E-state index contributed by atoms with van der Waals surface area (Å²) in [5, 5.41) is 0. The number of rotatable bonds is 2. The largest absolute Gasteiger partial charge is 0.412 e. The van der Waals surface area contributed by atoms with Gasteiger partial charge >= 0.3 is 0 Å². The van der Waals surface area contributed by atoms with Crippen molar-refractivity contribution >= 4 is 6.47 Å². The molecule has 0 bridgehead atoms. The Balaban J connectivity index is 2.62. The van der Waals surface area contributed by atoms with E-state index >= 15 is 0 Å². The standard InChI is InChI=1S/C5H5NO2/c7-4-8-5-2-1-3-6-5/h1-4,6H. The summed E-state index contributed by atoms with van der Waals surface area (Å²) in [6.45, 7) is 0.381. The topological polar surface area (TPSA) is 42.1 Å². The van der Waals surface area contributed by atoms with Crippen LogP contribution in [-0.4, -0.2) is 11.5 Å². The molecule has 0 amide bonds. The molecule has 0 unspecified atom stereocenters. The van der Waals surface area contributed by atoms with Crippen molar-refractivity contribution in [3.05, 3.63) is 18.3 Å². The zero-order chi connectivity index (χ0) is 5.82.